The van der Waals surface area contributed by atoms with E-state index in [2.05, 4.69) is 29.4 Å². The van der Waals surface area contributed by atoms with Crippen LogP contribution in [-0.2, 0) is 4.74 Å². The second-order valence-electron chi connectivity index (χ2n) is 3.89. The normalized spacial score (nSPS) is 11.8. The lowest BCUT2D eigenvalue weighted by atomic mass is 10.2. The smallest absolute Gasteiger partial charge is 0.0587 e. The van der Waals surface area contributed by atoms with Crippen LogP contribution in [0.3, 0.4) is 0 Å². The van der Waals surface area contributed by atoms with E-state index in [1.165, 1.54) is 5.57 Å². The molecule has 1 aromatic rings. The van der Waals surface area contributed by atoms with Crippen molar-refractivity contribution in [3.05, 3.63) is 35.2 Å². The molecule has 16 heavy (non-hydrogen) atoms. The van der Waals surface area contributed by atoms with Gasteiger partial charge in [0.2, 0.25) is 0 Å². The SMILES string of the molecule is COCCNC/C(C)=C/c1ccc(C)nc1. The van der Waals surface area contributed by atoms with Gasteiger partial charge in [-0.3, -0.25) is 4.98 Å². The zero-order chi connectivity index (χ0) is 11.8. The molecular formula is C13H20N2O. The summed E-state index contributed by atoms with van der Waals surface area (Å²) in [5.74, 6) is 0. The summed E-state index contributed by atoms with van der Waals surface area (Å²) in [5.41, 5.74) is 3.49. The summed E-state index contributed by atoms with van der Waals surface area (Å²) in [4.78, 5) is 4.26. The van der Waals surface area contributed by atoms with E-state index in [4.69, 9.17) is 4.74 Å². The Bertz CT molecular complexity index is 330. The van der Waals surface area contributed by atoms with Gasteiger partial charge in [-0.15, -0.1) is 0 Å². The molecule has 0 bridgehead atoms. The van der Waals surface area contributed by atoms with Gasteiger partial charge in [-0.05, 0) is 25.5 Å². The molecule has 1 rings (SSSR count). The molecule has 3 nitrogen and oxygen atoms in total. The van der Waals surface area contributed by atoms with Crippen molar-refractivity contribution in [1.82, 2.24) is 10.3 Å². The second-order valence-corrected chi connectivity index (χ2v) is 3.89. The zero-order valence-electron chi connectivity index (χ0n) is 10.3. The van der Waals surface area contributed by atoms with E-state index >= 15 is 0 Å². The fourth-order valence-electron chi connectivity index (χ4n) is 1.36. The number of aryl methyl sites for hydroxylation is 1. The number of nitrogens with zero attached hydrogens (tertiary/aromatic N) is 1. The Balaban J connectivity index is 2.40. The van der Waals surface area contributed by atoms with Gasteiger partial charge in [0.1, 0.15) is 0 Å². The molecular weight excluding hydrogens is 200 g/mol. The summed E-state index contributed by atoms with van der Waals surface area (Å²) < 4.78 is 4.96. The Labute approximate surface area is 97.5 Å². The van der Waals surface area contributed by atoms with Gasteiger partial charge in [0.15, 0.2) is 0 Å². The van der Waals surface area contributed by atoms with Crippen LogP contribution in [0.1, 0.15) is 18.2 Å². The van der Waals surface area contributed by atoms with E-state index in [-0.39, 0.29) is 0 Å². The van der Waals surface area contributed by atoms with Crippen LogP contribution in [0, 0.1) is 6.92 Å². The Morgan fingerprint density at radius 3 is 2.94 bits per heavy atom. The van der Waals surface area contributed by atoms with Crippen LogP contribution in [0.5, 0.6) is 0 Å². The van der Waals surface area contributed by atoms with Crippen LogP contribution in [0.15, 0.2) is 23.9 Å². The molecule has 0 aliphatic heterocycles. The summed E-state index contributed by atoms with van der Waals surface area (Å²) in [6.07, 6.45) is 4.04. The molecule has 0 unspecified atom stereocenters. The first kappa shape index (κ1) is 12.9. The average Bonchev–Trinajstić information content (AvgIpc) is 2.28. The van der Waals surface area contributed by atoms with E-state index in [1.54, 1.807) is 7.11 Å². The van der Waals surface area contributed by atoms with Crippen molar-refractivity contribution >= 4 is 6.08 Å². The summed E-state index contributed by atoms with van der Waals surface area (Å²) in [6.45, 7) is 6.62. The molecule has 0 saturated heterocycles. The molecule has 0 spiro atoms. The summed E-state index contributed by atoms with van der Waals surface area (Å²) >= 11 is 0. The summed E-state index contributed by atoms with van der Waals surface area (Å²) in [6, 6.07) is 4.11. The van der Waals surface area contributed by atoms with Crippen molar-refractivity contribution in [2.24, 2.45) is 0 Å². The Hall–Kier alpha value is -1.19. The third-order valence-corrected chi connectivity index (χ3v) is 2.23. The molecule has 0 aliphatic rings. The van der Waals surface area contributed by atoms with Crippen molar-refractivity contribution in [2.45, 2.75) is 13.8 Å². The minimum atomic E-state index is 0.749. The highest BCUT2D eigenvalue weighted by Gasteiger charge is 1.92. The topological polar surface area (TPSA) is 34.1 Å². The van der Waals surface area contributed by atoms with E-state index in [9.17, 15) is 0 Å². The van der Waals surface area contributed by atoms with Crippen molar-refractivity contribution in [3.8, 4) is 0 Å². The molecule has 3 heteroatoms. The molecule has 88 valence electrons. The molecule has 0 fully saturated rings. The molecule has 0 radical (unpaired) electrons. The van der Waals surface area contributed by atoms with Crippen LogP contribution in [0.25, 0.3) is 6.08 Å². The van der Waals surface area contributed by atoms with Gasteiger partial charge in [0.05, 0.1) is 6.61 Å². The maximum Gasteiger partial charge on any atom is 0.0587 e. The van der Waals surface area contributed by atoms with Gasteiger partial charge in [-0.1, -0.05) is 17.7 Å². The number of methoxy groups -OCH3 is 1. The highest BCUT2D eigenvalue weighted by Crippen LogP contribution is 2.05. The van der Waals surface area contributed by atoms with Gasteiger partial charge >= 0.3 is 0 Å². The maximum absolute atomic E-state index is 4.96. The lowest BCUT2D eigenvalue weighted by Gasteiger charge is -2.04. The summed E-state index contributed by atoms with van der Waals surface area (Å²) in [7, 11) is 1.71. The van der Waals surface area contributed by atoms with Crippen LogP contribution in [0.2, 0.25) is 0 Å². The Kier molecular flexibility index (Phi) is 5.75. The fourth-order valence-corrected chi connectivity index (χ4v) is 1.36. The molecule has 0 atom stereocenters. The molecule has 1 heterocycles. The van der Waals surface area contributed by atoms with Gasteiger partial charge in [0.25, 0.3) is 0 Å². The first-order valence-electron chi connectivity index (χ1n) is 5.52. The molecule has 0 saturated carbocycles. The quantitative estimate of drug-likeness (QED) is 0.745. The minimum absolute atomic E-state index is 0.749. The molecule has 1 N–H and O–H groups in total. The number of pyridine rings is 1. The standard InChI is InChI=1S/C13H20N2O/c1-11(9-14-6-7-16-3)8-13-5-4-12(2)15-10-13/h4-5,8,10,14H,6-7,9H2,1-3H3/b11-8+. The van der Waals surface area contributed by atoms with Crippen LogP contribution >= 0.6 is 0 Å². The third-order valence-electron chi connectivity index (χ3n) is 2.23. The number of nitrogens with one attached hydrogen (secondary N) is 1. The van der Waals surface area contributed by atoms with Crippen LogP contribution < -0.4 is 5.32 Å². The van der Waals surface area contributed by atoms with Crippen molar-refractivity contribution in [1.29, 1.82) is 0 Å². The van der Waals surface area contributed by atoms with Gasteiger partial charge < -0.3 is 10.1 Å². The third kappa shape index (κ3) is 5.05. The molecule has 0 aromatic carbocycles. The van der Waals surface area contributed by atoms with Crippen molar-refractivity contribution in [3.63, 3.8) is 0 Å². The van der Waals surface area contributed by atoms with Crippen molar-refractivity contribution < 1.29 is 4.74 Å². The van der Waals surface area contributed by atoms with E-state index in [1.807, 2.05) is 19.2 Å². The lowest BCUT2D eigenvalue weighted by Crippen LogP contribution is -2.20. The minimum Gasteiger partial charge on any atom is -0.383 e. The predicted octanol–water partition coefficient (Wildman–Crippen LogP) is 2.03. The highest BCUT2D eigenvalue weighted by atomic mass is 16.5. The maximum atomic E-state index is 4.96. The molecule has 1 aromatic heterocycles. The average molecular weight is 220 g/mol. The number of ether oxygens (including phenoxy) is 1. The van der Waals surface area contributed by atoms with E-state index in [0.717, 1.165) is 31.0 Å². The number of aromatic nitrogens is 1. The highest BCUT2D eigenvalue weighted by molar-refractivity contribution is 5.51. The van der Waals surface area contributed by atoms with Gasteiger partial charge in [0, 0.05) is 32.1 Å². The Morgan fingerprint density at radius 2 is 2.31 bits per heavy atom. The van der Waals surface area contributed by atoms with Crippen LogP contribution in [0.4, 0.5) is 0 Å². The van der Waals surface area contributed by atoms with Gasteiger partial charge in [-0.25, -0.2) is 0 Å². The zero-order valence-corrected chi connectivity index (χ0v) is 10.3. The predicted molar refractivity (Wildman–Crippen MR) is 67.4 cm³/mol. The number of hydrogen-bond donors (Lipinski definition) is 1. The van der Waals surface area contributed by atoms with Crippen molar-refractivity contribution in [2.75, 3.05) is 26.8 Å². The Morgan fingerprint density at radius 1 is 1.50 bits per heavy atom. The lowest BCUT2D eigenvalue weighted by molar-refractivity contribution is 0.200. The van der Waals surface area contributed by atoms with Gasteiger partial charge in [-0.2, -0.15) is 0 Å². The van der Waals surface area contributed by atoms with Crippen LogP contribution in [-0.4, -0.2) is 31.8 Å². The number of hydrogen-bond acceptors (Lipinski definition) is 3. The van der Waals surface area contributed by atoms with E-state index < -0.39 is 0 Å². The first-order valence-corrected chi connectivity index (χ1v) is 5.52. The fraction of sp³-hybridized carbons (Fsp3) is 0.462. The summed E-state index contributed by atoms with van der Waals surface area (Å²) in [5, 5.41) is 3.30. The largest absolute Gasteiger partial charge is 0.383 e. The monoisotopic (exact) mass is 220 g/mol. The molecule has 0 aliphatic carbocycles. The second kappa shape index (κ2) is 7.14. The molecule has 0 amide bonds. The number of rotatable bonds is 6. The van der Waals surface area contributed by atoms with E-state index in [0.29, 0.717) is 0 Å². The first-order chi connectivity index (χ1) is 7.72.